The summed E-state index contributed by atoms with van der Waals surface area (Å²) in [5.74, 6) is 0.0254. The molecule has 4 nitrogen and oxygen atoms in total. The number of benzene rings is 1. The van der Waals surface area contributed by atoms with Crippen LogP contribution in [0.5, 0.6) is 0 Å². The number of nitrogens with zero attached hydrogens (tertiary/aromatic N) is 1. The normalized spacial score (nSPS) is 20.9. The van der Waals surface area contributed by atoms with Crippen molar-refractivity contribution in [2.45, 2.75) is 44.8 Å². The summed E-state index contributed by atoms with van der Waals surface area (Å²) < 4.78 is 5.64. The number of nitriles is 1. The molecule has 2 rings (SSSR count). The van der Waals surface area contributed by atoms with Gasteiger partial charge in [-0.15, -0.1) is 0 Å². The summed E-state index contributed by atoms with van der Waals surface area (Å²) in [4.78, 5) is 12.0. The molecular weight excluding hydrogens is 252 g/mol. The first-order valence-corrected chi connectivity index (χ1v) is 6.91. The van der Waals surface area contributed by atoms with Crippen LogP contribution in [0.25, 0.3) is 0 Å². The standard InChI is InChI=1S/C16H20N2O2/c1-16(2)10-14(7-8-20-16)18-15(19)9-12-3-5-13(11-17)6-4-12/h3-6,14H,7-10H2,1-2H3,(H,18,19). The summed E-state index contributed by atoms with van der Waals surface area (Å²) in [6, 6.07) is 9.38. The van der Waals surface area contributed by atoms with Gasteiger partial charge in [0, 0.05) is 12.6 Å². The maximum absolute atomic E-state index is 12.0. The van der Waals surface area contributed by atoms with Crippen molar-refractivity contribution in [1.29, 1.82) is 5.26 Å². The minimum atomic E-state index is -0.162. The van der Waals surface area contributed by atoms with Crippen molar-refractivity contribution in [3.05, 3.63) is 35.4 Å². The fraction of sp³-hybridized carbons (Fsp3) is 0.500. The van der Waals surface area contributed by atoms with Crippen molar-refractivity contribution in [1.82, 2.24) is 5.32 Å². The summed E-state index contributed by atoms with van der Waals surface area (Å²) in [5.41, 5.74) is 1.37. The molecule has 1 atom stereocenters. The molecule has 0 saturated carbocycles. The third-order valence-electron chi connectivity index (χ3n) is 3.51. The van der Waals surface area contributed by atoms with Crippen molar-refractivity contribution in [2.75, 3.05) is 6.61 Å². The molecule has 0 spiro atoms. The third-order valence-corrected chi connectivity index (χ3v) is 3.51. The molecule has 1 fully saturated rings. The van der Waals surface area contributed by atoms with E-state index in [2.05, 4.69) is 11.4 Å². The highest BCUT2D eigenvalue weighted by atomic mass is 16.5. The summed E-state index contributed by atoms with van der Waals surface area (Å²) in [5, 5.41) is 11.8. The van der Waals surface area contributed by atoms with Crippen LogP contribution in [0, 0.1) is 11.3 Å². The van der Waals surface area contributed by atoms with Gasteiger partial charge in [-0.05, 0) is 44.4 Å². The van der Waals surface area contributed by atoms with Gasteiger partial charge in [-0.3, -0.25) is 4.79 Å². The Morgan fingerprint density at radius 2 is 2.15 bits per heavy atom. The van der Waals surface area contributed by atoms with Crippen LogP contribution in [-0.4, -0.2) is 24.2 Å². The number of hydrogen-bond acceptors (Lipinski definition) is 3. The average molecular weight is 272 g/mol. The zero-order valence-corrected chi connectivity index (χ0v) is 12.0. The van der Waals surface area contributed by atoms with Crippen molar-refractivity contribution in [3.8, 4) is 6.07 Å². The Kier molecular flexibility index (Phi) is 4.41. The third kappa shape index (κ3) is 4.07. The largest absolute Gasteiger partial charge is 0.375 e. The molecule has 0 aliphatic carbocycles. The van der Waals surface area contributed by atoms with E-state index in [-0.39, 0.29) is 17.6 Å². The Morgan fingerprint density at radius 3 is 2.75 bits per heavy atom. The van der Waals surface area contributed by atoms with Gasteiger partial charge in [0.05, 0.1) is 23.7 Å². The summed E-state index contributed by atoms with van der Waals surface area (Å²) in [6.45, 7) is 4.78. The van der Waals surface area contributed by atoms with Crippen LogP contribution >= 0.6 is 0 Å². The molecule has 0 aromatic heterocycles. The first kappa shape index (κ1) is 14.5. The van der Waals surface area contributed by atoms with Gasteiger partial charge in [-0.1, -0.05) is 12.1 Å². The van der Waals surface area contributed by atoms with Gasteiger partial charge in [-0.25, -0.2) is 0 Å². The number of carbonyl (C=O) groups excluding carboxylic acids is 1. The first-order valence-electron chi connectivity index (χ1n) is 6.91. The van der Waals surface area contributed by atoms with E-state index < -0.39 is 0 Å². The minimum absolute atomic E-state index is 0.0254. The number of ether oxygens (including phenoxy) is 1. The van der Waals surface area contributed by atoms with Gasteiger partial charge >= 0.3 is 0 Å². The van der Waals surface area contributed by atoms with Crippen LogP contribution in [0.2, 0.25) is 0 Å². The molecule has 0 bridgehead atoms. The maximum Gasteiger partial charge on any atom is 0.224 e. The maximum atomic E-state index is 12.0. The predicted octanol–water partition coefficient (Wildman–Crippen LogP) is 2.17. The molecule has 1 aliphatic heterocycles. The van der Waals surface area contributed by atoms with Gasteiger partial charge < -0.3 is 10.1 Å². The summed E-state index contributed by atoms with van der Waals surface area (Å²) in [6.07, 6.45) is 2.05. The lowest BCUT2D eigenvalue weighted by molar-refractivity contribution is -0.123. The predicted molar refractivity (Wildman–Crippen MR) is 76.1 cm³/mol. The Balaban J connectivity index is 1.87. The number of rotatable bonds is 3. The lowest BCUT2D eigenvalue weighted by Crippen LogP contribution is -2.46. The average Bonchev–Trinajstić information content (AvgIpc) is 2.38. The van der Waals surface area contributed by atoms with Crippen LogP contribution in [0.1, 0.15) is 37.8 Å². The second kappa shape index (κ2) is 6.06. The molecule has 1 aromatic rings. The zero-order valence-electron chi connectivity index (χ0n) is 12.0. The molecule has 1 aliphatic rings. The molecular formula is C16H20N2O2. The molecule has 1 saturated heterocycles. The highest BCUT2D eigenvalue weighted by molar-refractivity contribution is 5.78. The molecule has 0 radical (unpaired) electrons. The van der Waals surface area contributed by atoms with Crippen LogP contribution in [0.4, 0.5) is 0 Å². The van der Waals surface area contributed by atoms with Gasteiger partial charge in [0.2, 0.25) is 5.91 Å². The van der Waals surface area contributed by atoms with Crippen LogP contribution in [-0.2, 0) is 16.0 Å². The lowest BCUT2D eigenvalue weighted by Gasteiger charge is -2.35. The number of hydrogen-bond donors (Lipinski definition) is 1. The van der Waals surface area contributed by atoms with Crippen molar-refractivity contribution < 1.29 is 9.53 Å². The van der Waals surface area contributed by atoms with E-state index in [4.69, 9.17) is 10.00 Å². The SMILES string of the molecule is CC1(C)CC(NC(=O)Cc2ccc(C#N)cc2)CCO1. The molecule has 4 heteroatoms. The molecule has 1 N–H and O–H groups in total. The second-order valence-corrected chi connectivity index (χ2v) is 5.85. The molecule has 106 valence electrons. The van der Waals surface area contributed by atoms with Gasteiger partial charge in [-0.2, -0.15) is 5.26 Å². The summed E-state index contributed by atoms with van der Waals surface area (Å²) >= 11 is 0. The van der Waals surface area contributed by atoms with Crippen LogP contribution in [0.15, 0.2) is 24.3 Å². The van der Waals surface area contributed by atoms with Crippen molar-refractivity contribution in [2.24, 2.45) is 0 Å². The molecule has 1 heterocycles. The van der Waals surface area contributed by atoms with E-state index in [1.807, 2.05) is 26.0 Å². The fourth-order valence-electron chi connectivity index (χ4n) is 2.52. The van der Waals surface area contributed by atoms with Crippen LogP contribution in [0.3, 0.4) is 0 Å². The molecule has 1 aromatic carbocycles. The van der Waals surface area contributed by atoms with E-state index in [9.17, 15) is 4.79 Å². The zero-order chi connectivity index (χ0) is 14.6. The topological polar surface area (TPSA) is 62.1 Å². The van der Waals surface area contributed by atoms with Crippen LogP contribution < -0.4 is 5.32 Å². The Labute approximate surface area is 119 Å². The van der Waals surface area contributed by atoms with E-state index >= 15 is 0 Å². The Bertz CT molecular complexity index is 514. The number of nitrogens with one attached hydrogen (secondary N) is 1. The van der Waals surface area contributed by atoms with Crippen molar-refractivity contribution >= 4 is 5.91 Å². The number of carbonyl (C=O) groups is 1. The van der Waals surface area contributed by atoms with E-state index in [1.54, 1.807) is 12.1 Å². The van der Waals surface area contributed by atoms with Gasteiger partial charge in [0.15, 0.2) is 0 Å². The molecule has 1 unspecified atom stereocenters. The minimum Gasteiger partial charge on any atom is -0.375 e. The van der Waals surface area contributed by atoms with Crippen molar-refractivity contribution in [3.63, 3.8) is 0 Å². The summed E-state index contributed by atoms with van der Waals surface area (Å²) in [7, 11) is 0. The smallest absolute Gasteiger partial charge is 0.224 e. The lowest BCUT2D eigenvalue weighted by atomic mass is 9.94. The second-order valence-electron chi connectivity index (χ2n) is 5.85. The highest BCUT2D eigenvalue weighted by Gasteiger charge is 2.29. The van der Waals surface area contributed by atoms with E-state index in [1.165, 1.54) is 0 Å². The quantitative estimate of drug-likeness (QED) is 0.917. The molecule has 20 heavy (non-hydrogen) atoms. The van der Waals surface area contributed by atoms with E-state index in [0.29, 0.717) is 18.6 Å². The van der Waals surface area contributed by atoms with Gasteiger partial charge in [0.1, 0.15) is 0 Å². The Hall–Kier alpha value is -1.86. The molecule has 1 amide bonds. The monoisotopic (exact) mass is 272 g/mol. The first-order chi connectivity index (χ1) is 9.48. The number of amides is 1. The fourth-order valence-corrected chi connectivity index (χ4v) is 2.52. The van der Waals surface area contributed by atoms with Gasteiger partial charge in [0.25, 0.3) is 0 Å². The van der Waals surface area contributed by atoms with E-state index in [0.717, 1.165) is 18.4 Å². The highest BCUT2D eigenvalue weighted by Crippen LogP contribution is 2.23. The Morgan fingerprint density at radius 1 is 1.45 bits per heavy atom.